The smallest absolute Gasteiger partial charge is 0.159 e. The van der Waals surface area contributed by atoms with Gasteiger partial charge in [0.25, 0.3) is 0 Å². The third-order valence-electron chi connectivity index (χ3n) is 0.565. The maximum atomic E-state index is 10.1. The van der Waals surface area contributed by atoms with Crippen LogP contribution >= 0.6 is 27.8 Å². The van der Waals surface area contributed by atoms with Crippen molar-refractivity contribution in [2.45, 2.75) is 0 Å². The topological polar surface area (TPSA) is 23.1 Å². The van der Waals surface area contributed by atoms with Crippen LogP contribution < -0.4 is 4.89 Å². The molecule has 26 valence electrons. The number of rotatable bonds is 0. The van der Waals surface area contributed by atoms with E-state index in [2.05, 4.69) is 0 Å². The van der Waals surface area contributed by atoms with Crippen LogP contribution in [0.25, 0.3) is 0 Å². The molecule has 0 aromatic heterocycles. The van der Waals surface area contributed by atoms with Gasteiger partial charge in [0.05, 0.1) is 0 Å². The lowest BCUT2D eigenvalue weighted by atomic mass is 15.9. The van der Waals surface area contributed by atoms with Gasteiger partial charge in [-0.2, -0.15) is 0 Å². The Morgan fingerprint density at radius 2 is 2.20 bits per heavy atom. The highest BCUT2D eigenvalue weighted by Crippen LogP contribution is 3.11. The van der Waals surface area contributed by atoms with Crippen LogP contribution in [0.3, 0.4) is 0 Å². The van der Waals surface area contributed by atoms with Crippen LogP contribution in [0, 0.1) is 0 Å². The van der Waals surface area contributed by atoms with Crippen LogP contribution in [-0.2, 0) is 0 Å². The second-order valence-corrected chi connectivity index (χ2v) is 20.8. The Hall–Kier alpha value is 1.16. The molecule has 0 bridgehead atoms. The van der Waals surface area contributed by atoms with E-state index in [-0.39, 0.29) is 13.2 Å². The first-order chi connectivity index (χ1) is 2.39. The third-order valence-corrected chi connectivity index (χ3v) is 28.2. The van der Waals surface area contributed by atoms with E-state index < -0.39 is 7.11 Å². The Bertz CT molecular complexity index is 142. The summed E-state index contributed by atoms with van der Waals surface area (Å²) in [7, 11) is 1.14. The van der Waals surface area contributed by atoms with Crippen LogP contribution in [0.15, 0.2) is 0 Å². The zero-order chi connectivity index (χ0) is 3.44. The second kappa shape index (κ2) is 0.717. The van der Waals surface area contributed by atoms with Crippen LogP contribution in [-0.4, -0.2) is 0 Å². The van der Waals surface area contributed by atoms with Crippen molar-refractivity contribution < 1.29 is 4.89 Å². The lowest BCUT2D eigenvalue weighted by Gasteiger charge is -1.70. The van der Waals surface area contributed by atoms with Gasteiger partial charge in [-0.1, -0.05) is 0 Å². The lowest BCUT2D eigenvalue weighted by molar-refractivity contribution is -0.145. The Kier molecular flexibility index (Phi) is 0.459. The van der Waals surface area contributed by atoms with Crippen LogP contribution in [0.4, 0.5) is 0 Å². The van der Waals surface area contributed by atoms with E-state index in [1.54, 1.807) is 7.55 Å². The minimum Gasteiger partial charge on any atom is -0.779 e. The normalized spacial score (nSPS) is 25.4. The Balaban J connectivity index is 2.84. The van der Waals surface area contributed by atoms with Crippen LogP contribution in [0.5, 0.6) is 0 Å². The fourth-order valence-corrected chi connectivity index (χ4v) is 27.2. The summed E-state index contributed by atoms with van der Waals surface area (Å²) in [6, 6.07) is 0. The summed E-state index contributed by atoms with van der Waals surface area (Å²) >= 11 is 0. The molecule has 2 unspecified atom stereocenters. The maximum absolute atomic E-state index is 10.1. The highest BCUT2D eigenvalue weighted by Gasteiger charge is 2.39. The molecule has 2 aliphatic rings. The zero-order valence-electron chi connectivity index (χ0n) is 2.20. The quantitative estimate of drug-likeness (QED) is 0.550. The molecule has 2 rings (SSSR count). The van der Waals surface area contributed by atoms with Gasteiger partial charge in [0, 0.05) is 7.11 Å². The first kappa shape index (κ1) is 3.20. The van der Waals surface area contributed by atoms with Crippen molar-refractivity contribution in [2.24, 2.45) is 0 Å². The summed E-state index contributed by atoms with van der Waals surface area (Å²) in [5, 5.41) is 0. The molecule has 0 radical (unpaired) electrons. The summed E-state index contributed by atoms with van der Waals surface area (Å²) in [5.41, 5.74) is 0. The molecule has 0 saturated heterocycles. The van der Waals surface area contributed by atoms with Gasteiger partial charge in [0.15, 0.2) is 7.55 Å². The molecule has 0 saturated carbocycles. The molecule has 2 aliphatic heterocycles. The Morgan fingerprint density at radius 3 is 2.20 bits per heavy atom. The lowest BCUT2D eigenvalue weighted by Crippen LogP contribution is -1.67. The van der Waals surface area contributed by atoms with E-state index in [4.69, 9.17) is 0 Å². The maximum Gasteiger partial charge on any atom is 0.159 e. The number of hydrogen-bond donors (Lipinski definition) is 0. The predicted octanol–water partition coefficient (Wildman–Crippen LogP) is 2.26. The van der Waals surface area contributed by atoms with Gasteiger partial charge < -0.3 is 4.89 Å². The van der Waals surface area contributed by atoms with Gasteiger partial charge in [-0.15, -0.1) is 0 Å². The Morgan fingerprint density at radius 1 is 1.80 bits per heavy atom. The number of hydrogen-bond acceptors (Lipinski definition) is 1. The molecule has 0 aliphatic carbocycles. The van der Waals surface area contributed by atoms with Crippen molar-refractivity contribution in [1.82, 2.24) is 0 Å². The van der Waals surface area contributed by atoms with E-state index in [1.807, 2.05) is 0 Å². The van der Waals surface area contributed by atoms with Gasteiger partial charge in [0.2, 0.25) is 0 Å². The summed E-state index contributed by atoms with van der Waals surface area (Å²) in [5.74, 6) is 0. The van der Waals surface area contributed by atoms with Gasteiger partial charge in [-0.3, -0.25) is 0 Å². The molecule has 0 aromatic rings. The molecule has 2 atom stereocenters. The monoisotopic (exact) mass is 140 g/mol. The molecule has 5 heavy (non-hydrogen) atoms. The van der Waals surface area contributed by atoms with E-state index >= 15 is 0 Å². The Labute approximate surface area is 33.5 Å². The standard InChI is InChI=1S/OP4/c1-3-4-2-5(3)4. The molecule has 0 amide bonds. The SMILES string of the molecule is [O-]p1p2p[p+]1-2. The van der Waals surface area contributed by atoms with Crippen LogP contribution in [0.1, 0.15) is 0 Å². The minimum atomic E-state index is -0.467. The average Bonchev–Trinajstić information content (AvgIpc) is 2.11. The zero-order valence-corrected chi connectivity index (χ0v) is 5.77. The van der Waals surface area contributed by atoms with E-state index in [0.29, 0.717) is 0 Å². The fourth-order valence-electron chi connectivity index (χ4n) is 0.193. The minimum absolute atomic E-state index is 0.281. The van der Waals surface area contributed by atoms with Gasteiger partial charge in [0.1, 0.15) is 13.2 Å². The first-order valence-electron chi connectivity index (χ1n) is 1.18. The molecule has 2 heterocycles. The van der Waals surface area contributed by atoms with Gasteiger partial charge in [-0.25, -0.2) is 0 Å². The van der Waals surface area contributed by atoms with Gasteiger partial charge in [-0.05, 0) is 0 Å². The molecule has 1 nitrogen and oxygen atoms in total. The van der Waals surface area contributed by atoms with E-state index in [1.165, 1.54) is 0 Å². The summed E-state index contributed by atoms with van der Waals surface area (Å²) in [4.78, 5) is 10.1. The van der Waals surface area contributed by atoms with E-state index in [9.17, 15) is 4.89 Å². The molecular formula is OP4. The van der Waals surface area contributed by atoms with Crippen molar-refractivity contribution in [2.75, 3.05) is 0 Å². The summed E-state index contributed by atoms with van der Waals surface area (Å²) < 4.78 is 0. The van der Waals surface area contributed by atoms with Crippen molar-refractivity contribution in [3.63, 3.8) is 0 Å². The second-order valence-electron chi connectivity index (χ2n) is 0.879. The predicted molar refractivity (Wildman–Crippen MR) is 27.7 cm³/mol. The van der Waals surface area contributed by atoms with E-state index in [0.717, 1.165) is 0 Å². The summed E-state index contributed by atoms with van der Waals surface area (Å²) in [6.45, 7) is 0.563. The fraction of sp³-hybridized carbons (Fsp3) is 0. The molecule has 0 fully saturated rings. The van der Waals surface area contributed by atoms with Crippen molar-refractivity contribution in [1.29, 1.82) is 0 Å². The molecule has 5 heteroatoms. The van der Waals surface area contributed by atoms with Crippen molar-refractivity contribution in [3.05, 3.63) is 0 Å². The van der Waals surface area contributed by atoms with Crippen molar-refractivity contribution in [3.8, 4) is 0 Å². The van der Waals surface area contributed by atoms with Gasteiger partial charge >= 0.3 is 0 Å². The molecule has 0 aromatic carbocycles. The average molecular weight is 140 g/mol. The third kappa shape index (κ3) is 0.298. The first-order valence-corrected chi connectivity index (χ1v) is 9.55. The summed E-state index contributed by atoms with van der Waals surface area (Å²) in [6.07, 6.45) is 0. The molecule has 0 spiro atoms. The van der Waals surface area contributed by atoms with Crippen LogP contribution in [0.2, 0.25) is 0 Å². The van der Waals surface area contributed by atoms with Crippen molar-refractivity contribution >= 4 is 27.8 Å². The number of fused-ring (bicyclic) bond motifs is 1. The molecular weight excluding hydrogens is 140 g/mol. The highest BCUT2D eigenvalue weighted by atomic mass is 33.2. The molecule has 0 N–H and O–H groups in total. The highest BCUT2D eigenvalue weighted by molar-refractivity contribution is 9.15. The largest absolute Gasteiger partial charge is 0.779 e.